The molecular weight excluding hydrogens is 192 g/mol. The summed E-state index contributed by atoms with van der Waals surface area (Å²) in [4.78, 5) is 0. The molecule has 54 valence electrons. The maximum absolute atomic E-state index is 2.21. The van der Waals surface area contributed by atoms with E-state index < -0.39 is 0 Å². The van der Waals surface area contributed by atoms with E-state index in [1.807, 2.05) is 34.0 Å². The molecule has 0 saturated heterocycles. The highest BCUT2D eigenvalue weighted by molar-refractivity contribution is 7.37. The zero-order valence-corrected chi connectivity index (χ0v) is 7.98. The molecule has 3 aromatic heterocycles. The van der Waals surface area contributed by atoms with E-state index in [9.17, 15) is 0 Å². The van der Waals surface area contributed by atoms with Crippen molar-refractivity contribution in [1.82, 2.24) is 0 Å². The lowest BCUT2D eigenvalue weighted by molar-refractivity contribution is 2.25. The molecule has 0 fully saturated rings. The van der Waals surface area contributed by atoms with E-state index in [-0.39, 0.29) is 0 Å². The van der Waals surface area contributed by atoms with Crippen LogP contribution >= 0.6 is 34.0 Å². The second-order valence-corrected chi connectivity index (χ2v) is 5.25. The molecule has 0 saturated carbocycles. The number of thiophene rings is 3. The van der Waals surface area contributed by atoms with Crippen molar-refractivity contribution in [2.24, 2.45) is 0 Å². The van der Waals surface area contributed by atoms with Gasteiger partial charge in [0.15, 0.2) is 0 Å². The number of fused-ring (bicyclic) bond motifs is 3. The Morgan fingerprint density at radius 2 is 1.36 bits per heavy atom. The van der Waals surface area contributed by atoms with Gasteiger partial charge < -0.3 is 0 Å². The lowest BCUT2D eigenvalue weighted by Gasteiger charge is -1.71. The van der Waals surface area contributed by atoms with Gasteiger partial charge in [0.2, 0.25) is 0 Å². The van der Waals surface area contributed by atoms with Crippen LogP contribution in [0.3, 0.4) is 0 Å². The number of hydrogen-bond acceptors (Lipinski definition) is 3. The van der Waals surface area contributed by atoms with E-state index in [0.29, 0.717) is 0 Å². The predicted octanol–water partition coefficient (Wildman–Crippen LogP) is 4.18. The average Bonchev–Trinajstić information content (AvgIpc) is 2.52. The molecule has 0 aliphatic carbocycles. The van der Waals surface area contributed by atoms with Gasteiger partial charge in [-0.2, -0.15) is 0 Å². The fourth-order valence-electron chi connectivity index (χ4n) is 1.21. The van der Waals surface area contributed by atoms with Gasteiger partial charge in [0.25, 0.3) is 0 Å². The normalized spacial score (nSPS) is 11.6. The molecule has 3 heteroatoms. The van der Waals surface area contributed by atoms with E-state index in [1.165, 1.54) is 18.8 Å². The summed E-state index contributed by atoms with van der Waals surface area (Å²) < 4.78 is 5.83. The molecule has 0 aliphatic heterocycles. The molecule has 0 unspecified atom stereocenters. The first-order valence-electron chi connectivity index (χ1n) is 3.28. The Bertz CT molecular complexity index is 452. The smallest absolute Gasteiger partial charge is 0.0629 e. The summed E-state index contributed by atoms with van der Waals surface area (Å²) in [6.07, 6.45) is 0. The van der Waals surface area contributed by atoms with Crippen LogP contribution in [0.25, 0.3) is 18.8 Å². The summed E-state index contributed by atoms with van der Waals surface area (Å²) in [5, 5.41) is 4.33. The molecule has 0 aliphatic rings. The third-order valence-electron chi connectivity index (χ3n) is 1.68. The Morgan fingerprint density at radius 3 is 1.91 bits per heavy atom. The molecule has 0 nitrogen and oxygen atoms in total. The SMILES string of the molecule is c1cc2sc3ccsc3c2s1. The maximum atomic E-state index is 2.21. The molecule has 3 heterocycles. The van der Waals surface area contributed by atoms with E-state index >= 15 is 0 Å². The summed E-state index contributed by atoms with van der Waals surface area (Å²) in [6.45, 7) is 0. The molecular formula is C8H4S3. The van der Waals surface area contributed by atoms with Gasteiger partial charge in [0, 0.05) is 9.40 Å². The van der Waals surface area contributed by atoms with Gasteiger partial charge in [-0.15, -0.1) is 34.0 Å². The first-order chi connectivity index (χ1) is 5.45. The highest BCUT2D eigenvalue weighted by Crippen LogP contribution is 2.39. The van der Waals surface area contributed by atoms with Crippen LogP contribution in [-0.4, -0.2) is 0 Å². The van der Waals surface area contributed by atoms with E-state index in [0.717, 1.165) is 0 Å². The van der Waals surface area contributed by atoms with Crippen molar-refractivity contribution in [3.63, 3.8) is 0 Å². The Labute approximate surface area is 75.7 Å². The zero-order chi connectivity index (χ0) is 7.26. The molecule has 0 atom stereocenters. The minimum atomic E-state index is 1.44. The quantitative estimate of drug-likeness (QED) is 0.506. The summed E-state index contributed by atoms with van der Waals surface area (Å²) in [6, 6.07) is 4.41. The van der Waals surface area contributed by atoms with Crippen LogP contribution in [0, 0.1) is 0 Å². The Kier molecular flexibility index (Phi) is 1.16. The van der Waals surface area contributed by atoms with Crippen LogP contribution in [0.4, 0.5) is 0 Å². The summed E-state index contributed by atoms with van der Waals surface area (Å²) in [5.41, 5.74) is 0. The van der Waals surface area contributed by atoms with Crippen molar-refractivity contribution >= 4 is 52.8 Å². The highest BCUT2D eigenvalue weighted by Gasteiger charge is 2.05. The van der Waals surface area contributed by atoms with Gasteiger partial charge >= 0.3 is 0 Å². The van der Waals surface area contributed by atoms with Crippen LogP contribution < -0.4 is 0 Å². The number of hydrogen-bond donors (Lipinski definition) is 0. The van der Waals surface area contributed by atoms with Crippen LogP contribution in [0.1, 0.15) is 0 Å². The average molecular weight is 196 g/mol. The Hall–Kier alpha value is -0.380. The van der Waals surface area contributed by atoms with E-state index in [4.69, 9.17) is 0 Å². The lowest BCUT2D eigenvalue weighted by Crippen LogP contribution is -1.39. The summed E-state index contributed by atoms with van der Waals surface area (Å²) in [7, 11) is 0. The van der Waals surface area contributed by atoms with Crippen molar-refractivity contribution in [3.8, 4) is 0 Å². The van der Waals surface area contributed by atoms with Crippen LogP contribution in [0.15, 0.2) is 22.9 Å². The largest absolute Gasteiger partial charge is 0.141 e. The lowest BCUT2D eigenvalue weighted by atomic mass is 10.5. The first-order valence-corrected chi connectivity index (χ1v) is 5.86. The molecule has 0 N–H and O–H groups in total. The number of rotatable bonds is 0. The van der Waals surface area contributed by atoms with Gasteiger partial charge in [-0.1, -0.05) is 0 Å². The van der Waals surface area contributed by atoms with Crippen molar-refractivity contribution in [3.05, 3.63) is 22.9 Å². The van der Waals surface area contributed by atoms with Crippen LogP contribution in [0.2, 0.25) is 0 Å². The molecule has 11 heavy (non-hydrogen) atoms. The van der Waals surface area contributed by atoms with E-state index in [2.05, 4.69) is 22.9 Å². The molecule has 3 aromatic rings. The van der Waals surface area contributed by atoms with Crippen molar-refractivity contribution in [2.75, 3.05) is 0 Å². The fourth-order valence-corrected chi connectivity index (χ4v) is 4.72. The molecule has 0 radical (unpaired) electrons. The molecule has 0 spiro atoms. The standard InChI is InChI=1S/C8H4S3/c1-3-9-7-5(1)11-6-2-4-10-8(6)7/h1-4H. The van der Waals surface area contributed by atoms with E-state index in [1.54, 1.807) is 0 Å². The topological polar surface area (TPSA) is 0 Å². The Balaban J connectivity index is 2.75. The van der Waals surface area contributed by atoms with Crippen LogP contribution in [0.5, 0.6) is 0 Å². The van der Waals surface area contributed by atoms with Crippen LogP contribution in [-0.2, 0) is 0 Å². The van der Waals surface area contributed by atoms with Gasteiger partial charge in [-0.25, -0.2) is 0 Å². The molecule has 0 bridgehead atoms. The summed E-state index contributed by atoms with van der Waals surface area (Å²) in [5.74, 6) is 0. The first kappa shape index (κ1) is 6.17. The van der Waals surface area contributed by atoms with Crippen molar-refractivity contribution < 1.29 is 0 Å². The monoisotopic (exact) mass is 196 g/mol. The fraction of sp³-hybridized carbons (Fsp3) is 0. The third kappa shape index (κ3) is 0.732. The maximum Gasteiger partial charge on any atom is 0.0629 e. The van der Waals surface area contributed by atoms with Gasteiger partial charge in [-0.05, 0) is 22.9 Å². The third-order valence-corrected chi connectivity index (χ3v) is 5.06. The molecule has 0 amide bonds. The van der Waals surface area contributed by atoms with Gasteiger partial charge in [-0.3, -0.25) is 0 Å². The highest BCUT2D eigenvalue weighted by atomic mass is 32.1. The second kappa shape index (κ2) is 2.06. The predicted molar refractivity (Wildman–Crippen MR) is 55.1 cm³/mol. The molecule has 3 rings (SSSR count). The minimum Gasteiger partial charge on any atom is -0.141 e. The second-order valence-electron chi connectivity index (χ2n) is 2.33. The van der Waals surface area contributed by atoms with Gasteiger partial charge in [0.1, 0.15) is 0 Å². The van der Waals surface area contributed by atoms with Crippen molar-refractivity contribution in [2.45, 2.75) is 0 Å². The Morgan fingerprint density at radius 1 is 0.818 bits per heavy atom. The van der Waals surface area contributed by atoms with Crippen molar-refractivity contribution in [1.29, 1.82) is 0 Å². The zero-order valence-electron chi connectivity index (χ0n) is 5.53. The summed E-state index contributed by atoms with van der Waals surface area (Å²) >= 11 is 5.59. The molecule has 0 aromatic carbocycles. The van der Waals surface area contributed by atoms with Gasteiger partial charge in [0.05, 0.1) is 9.40 Å². The minimum absolute atomic E-state index is 1.44.